The molecule has 1 heterocycles. The molecule has 0 spiro atoms. The summed E-state index contributed by atoms with van der Waals surface area (Å²) < 4.78 is 5.27. The van der Waals surface area contributed by atoms with Crippen molar-refractivity contribution in [2.24, 2.45) is 0 Å². The molecule has 1 aliphatic rings. The zero-order valence-electron chi connectivity index (χ0n) is 15.8. The zero-order valence-corrected chi connectivity index (χ0v) is 15.8. The number of benzene rings is 2. The normalized spacial score (nSPS) is 14.7. The quantitative estimate of drug-likeness (QED) is 0.796. The maximum atomic E-state index is 12.3. The van der Waals surface area contributed by atoms with Crippen LogP contribution in [0.25, 0.3) is 0 Å². The number of hydrogen-bond acceptors (Lipinski definition) is 5. The van der Waals surface area contributed by atoms with Gasteiger partial charge < -0.3 is 15.0 Å². The van der Waals surface area contributed by atoms with Crippen molar-refractivity contribution in [2.45, 2.75) is 6.92 Å². The summed E-state index contributed by atoms with van der Waals surface area (Å²) in [6.45, 7) is 5.25. The fraction of sp³-hybridized carbons (Fsp3) is 0.333. The summed E-state index contributed by atoms with van der Waals surface area (Å²) in [6.07, 6.45) is 0. The van der Waals surface area contributed by atoms with E-state index in [1.54, 1.807) is 14.0 Å². The van der Waals surface area contributed by atoms with E-state index in [1.807, 2.05) is 48.5 Å². The van der Waals surface area contributed by atoms with Crippen LogP contribution in [0, 0.1) is 0 Å². The number of piperazine rings is 1. The Labute approximate surface area is 159 Å². The average Bonchev–Trinajstić information content (AvgIpc) is 2.69. The first kappa shape index (κ1) is 18.9. The smallest absolute Gasteiger partial charge is 0.238 e. The third-order valence-electron chi connectivity index (χ3n) is 4.76. The van der Waals surface area contributed by atoms with E-state index in [0.29, 0.717) is 18.0 Å². The molecule has 1 fully saturated rings. The van der Waals surface area contributed by atoms with Gasteiger partial charge in [0.25, 0.3) is 0 Å². The Kier molecular flexibility index (Phi) is 6.08. The fourth-order valence-electron chi connectivity index (χ4n) is 3.21. The van der Waals surface area contributed by atoms with Crippen LogP contribution in [0.1, 0.15) is 17.3 Å². The second-order valence-electron chi connectivity index (χ2n) is 6.61. The summed E-state index contributed by atoms with van der Waals surface area (Å²) >= 11 is 0. The lowest BCUT2D eigenvalue weighted by molar-refractivity contribution is -0.117. The Bertz CT molecular complexity index is 797. The van der Waals surface area contributed by atoms with Crippen molar-refractivity contribution in [1.29, 1.82) is 0 Å². The predicted octanol–water partition coefficient (Wildman–Crippen LogP) is 2.66. The number of methoxy groups -OCH3 is 1. The monoisotopic (exact) mass is 367 g/mol. The van der Waals surface area contributed by atoms with Gasteiger partial charge in [0.15, 0.2) is 5.78 Å². The van der Waals surface area contributed by atoms with Gasteiger partial charge in [-0.15, -0.1) is 0 Å². The average molecular weight is 367 g/mol. The zero-order chi connectivity index (χ0) is 19.2. The lowest BCUT2D eigenvalue weighted by atomic mass is 10.1. The number of carbonyl (C=O) groups excluding carboxylic acids is 2. The number of nitrogens with zero attached hydrogens (tertiary/aromatic N) is 2. The minimum atomic E-state index is -0.0428. The van der Waals surface area contributed by atoms with Gasteiger partial charge >= 0.3 is 0 Å². The molecule has 1 N–H and O–H groups in total. The van der Waals surface area contributed by atoms with Crippen LogP contribution in [0.15, 0.2) is 48.5 Å². The molecule has 0 aliphatic carbocycles. The molecule has 6 nitrogen and oxygen atoms in total. The Morgan fingerprint density at radius 3 is 2.30 bits per heavy atom. The van der Waals surface area contributed by atoms with Crippen LogP contribution >= 0.6 is 0 Å². The van der Waals surface area contributed by atoms with Gasteiger partial charge in [0.1, 0.15) is 5.75 Å². The molecule has 142 valence electrons. The molecule has 1 aliphatic heterocycles. The van der Waals surface area contributed by atoms with Crippen LogP contribution in [-0.4, -0.2) is 56.4 Å². The largest absolute Gasteiger partial charge is 0.495 e. The minimum absolute atomic E-state index is 0.0428. The van der Waals surface area contributed by atoms with E-state index in [4.69, 9.17) is 4.74 Å². The van der Waals surface area contributed by atoms with Gasteiger partial charge in [0.05, 0.1) is 19.3 Å². The second kappa shape index (κ2) is 8.68. The lowest BCUT2D eigenvalue weighted by Crippen LogP contribution is -2.48. The van der Waals surface area contributed by atoms with Crippen LogP contribution in [0.3, 0.4) is 0 Å². The number of ether oxygens (including phenoxy) is 1. The van der Waals surface area contributed by atoms with E-state index in [9.17, 15) is 9.59 Å². The first-order chi connectivity index (χ1) is 13.1. The summed E-state index contributed by atoms with van der Waals surface area (Å²) in [5.41, 5.74) is 2.53. The van der Waals surface area contributed by atoms with E-state index in [0.717, 1.165) is 37.4 Å². The Morgan fingerprint density at radius 1 is 1.00 bits per heavy atom. The van der Waals surface area contributed by atoms with E-state index < -0.39 is 0 Å². The molecule has 0 saturated carbocycles. The number of ketones is 1. The summed E-state index contributed by atoms with van der Waals surface area (Å²) in [6, 6.07) is 15.1. The van der Waals surface area contributed by atoms with Crippen molar-refractivity contribution in [1.82, 2.24) is 4.90 Å². The van der Waals surface area contributed by atoms with Gasteiger partial charge in [-0.3, -0.25) is 14.5 Å². The molecule has 1 saturated heterocycles. The third kappa shape index (κ3) is 4.86. The summed E-state index contributed by atoms with van der Waals surface area (Å²) in [5, 5.41) is 2.92. The molecule has 1 amide bonds. The topological polar surface area (TPSA) is 61.9 Å². The van der Waals surface area contributed by atoms with Gasteiger partial charge in [0.2, 0.25) is 5.91 Å². The highest BCUT2D eigenvalue weighted by molar-refractivity contribution is 5.94. The number of para-hydroxylation sites is 2. The highest BCUT2D eigenvalue weighted by Gasteiger charge is 2.19. The molecule has 0 radical (unpaired) electrons. The molecule has 2 aromatic carbocycles. The number of anilines is 2. The van der Waals surface area contributed by atoms with E-state index in [2.05, 4.69) is 15.1 Å². The van der Waals surface area contributed by atoms with Crippen molar-refractivity contribution < 1.29 is 14.3 Å². The van der Waals surface area contributed by atoms with Crippen LogP contribution in [0.5, 0.6) is 5.75 Å². The first-order valence-corrected chi connectivity index (χ1v) is 9.08. The van der Waals surface area contributed by atoms with Gasteiger partial charge in [-0.25, -0.2) is 0 Å². The number of rotatable bonds is 6. The molecule has 3 rings (SSSR count). The lowest BCUT2D eigenvalue weighted by Gasteiger charge is -2.35. The first-order valence-electron chi connectivity index (χ1n) is 9.08. The SMILES string of the molecule is COc1ccccc1NC(=O)CN1CCN(c2ccc(C(C)=O)cc2)CC1. The summed E-state index contributed by atoms with van der Waals surface area (Å²) in [4.78, 5) is 28.2. The molecule has 0 atom stereocenters. The summed E-state index contributed by atoms with van der Waals surface area (Å²) in [5.74, 6) is 0.691. The van der Waals surface area contributed by atoms with Crippen LogP contribution in [-0.2, 0) is 4.79 Å². The van der Waals surface area contributed by atoms with Crippen molar-refractivity contribution in [3.63, 3.8) is 0 Å². The fourth-order valence-corrected chi connectivity index (χ4v) is 3.21. The molecule has 27 heavy (non-hydrogen) atoms. The van der Waals surface area contributed by atoms with Crippen molar-refractivity contribution in [2.75, 3.05) is 50.1 Å². The Hall–Kier alpha value is -2.86. The number of Topliss-reactive ketones (excluding diaryl/α,β-unsaturated/α-hetero) is 1. The summed E-state index contributed by atoms with van der Waals surface area (Å²) in [7, 11) is 1.59. The van der Waals surface area contributed by atoms with Crippen LogP contribution < -0.4 is 15.0 Å². The van der Waals surface area contributed by atoms with Crippen LogP contribution in [0.4, 0.5) is 11.4 Å². The molecular formula is C21H25N3O3. The maximum absolute atomic E-state index is 12.3. The van der Waals surface area contributed by atoms with Gasteiger partial charge in [-0.2, -0.15) is 0 Å². The predicted molar refractivity (Wildman–Crippen MR) is 107 cm³/mol. The number of amides is 1. The highest BCUT2D eigenvalue weighted by atomic mass is 16.5. The van der Waals surface area contributed by atoms with Gasteiger partial charge in [0, 0.05) is 37.4 Å². The maximum Gasteiger partial charge on any atom is 0.238 e. The van der Waals surface area contributed by atoms with E-state index in [-0.39, 0.29) is 11.7 Å². The van der Waals surface area contributed by atoms with Gasteiger partial charge in [-0.1, -0.05) is 12.1 Å². The molecule has 0 bridgehead atoms. The minimum Gasteiger partial charge on any atom is -0.495 e. The molecule has 0 aromatic heterocycles. The Morgan fingerprint density at radius 2 is 1.67 bits per heavy atom. The standard InChI is InChI=1S/C21H25N3O3/c1-16(25)17-7-9-18(10-8-17)24-13-11-23(12-14-24)15-21(26)22-19-5-3-4-6-20(19)27-2/h3-10H,11-15H2,1-2H3,(H,22,26). The van der Waals surface area contributed by atoms with Gasteiger partial charge in [-0.05, 0) is 43.3 Å². The molecule has 0 unspecified atom stereocenters. The number of nitrogens with one attached hydrogen (secondary N) is 1. The number of hydrogen-bond donors (Lipinski definition) is 1. The Balaban J connectivity index is 1.50. The van der Waals surface area contributed by atoms with Crippen molar-refractivity contribution in [3.8, 4) is 5.75 Å². The highest BCUT2D eigenvalue weighted by Crippen LogP contribution is 2.23. The molecule has 6 heteroatoms. The van der Waals surface area contributed by atoms with Crippen molar-refractivity contribution in [3.05, 3.63) is 54.1 Å². The second-order valence-corrected chi connectivity index (χ2v) is 6.61. The molecular weight excluding hydrogens is 342 g/mol. The molecule has 2 aromatic rings. The van der Waals surface area contributed by atoms with E-state index >= 15 is 0 Å². The number of carbonyl (C=O) groups is 2. The van der Waals surface area contributed by atoms with Crippen LogP contribution in [0.2, 0.25) is 0 Å². The van der Waals surface area contributed by atoms with E-state index in [1.165, 1.54) is 0 Å². The van der Waals surface area contributed by atoms with Crippen molar-refractivity contribution >= 4 is 23.1 Å². The third-order valence-corrected chi connectivity index (χ3v) is 4.76.